The van der Waals surface area contributed by atoms with E-state index in [4.69, 9.17) is 4.74 Å². The molecule has 1 aromatic heterocycles. The summed E-state index contributed by atoms with van der Waals surface area (Å²) in [6.07, 6.45) is 3.05. The Bertz CT molecular complexity index is 1500. The standard InChI is InChI=1S/C31H48N6O7S/c1-21(2)37-28-9-7-6-8-23(28)16-29(30(37)40)44-31(41)33-24-17-25-10-11-26(18-24)36(25)20-27(39)19-35(22(3)38)15-14-34(4)13-12-32-45(5,42)43/h6-9,16,21,24-27,32,39H,10-15,17-20H2,1-5H3,(H,33,41)/t24-,25-,26+,27?. The molecule has 4 atom stereocenters. The van der Waals surface area contributed by atoms with Crippen LogP contribution in [-0.2, 0) is 14.8 Å². The molecule has 250 valence electrons. The normalized spacial score (nSPS) is 20.9. The zero-order chi connectivity index (χ0) is 32.9. The highest BCUT2D eigenvalue weighted by Gasteiger charge is 2.42. The number of fused-ring (bicyclic) bond motifs is 3. The molecular weight excluding hydrogens is 600 g/mol. The number of benzene rings is 1. The smallest absolute Gasteiger partial charge is 0.404 e. The summed E-state index contributed by atoms with van der Waals surface area (Å²) in [5, 5.41) is 14.8. The zero-order valence-electron chi connectivity index (χ0n) is 26.9. The third-order valence-corrected chi connectivity index (χ3v) is 9.47. The van der Waals surface area contributed by atoms with Gasteiger partial charge in [0, 0.05) is 75.7 Å². The molecule has 0 radical (unpaired) electrons. The van der Waals surface area contributed by atoms with Crippen molar-refractivity contribution in [1.82, 2.24) is 29.3 Å². The monoisotopic (exact) mass is 648 g/mol. The van der Waals surface area contributed by atoms with E-state index in [0.717, 1.165) is 30.0 Å². The van der Waals surface area contributed by atoms with Gasteiger partial charge in [-0.05, 0) is 58.7 Å². The van der Waals surface area contributed by atoms with Crippen LogP contribution in [0.15, 0.2) is 35.1 Å². The number of aromatic nitrogens is 1. The predicted octanol–water partition coefficient (Wildman–Crippen LogP) is 1.36. The van der Waals surface area contributed by atoms with Crippen molar-refractivity contribution in [2.45, 2.75) is 76.7 Å². The van der Waals surface area contributed by atoms with Crippen LogP contribution in [0.5, 0.6) is 5.75 Å². The molecule has 0 spiro atoms. The van der Waals surface area contributed by atoms with Crippen LogP contribution in [0.4, 0.5) is 4.79 Å². The minimum Gasteiger partial charge on any atom is -0.404 e. The number of sulfonamides is 1. The topological polar surface area (TPSA) is 154 Å². The number of aliphatic hydroxyl groups excluding tert-OH is 1. The van der Waals surface area contributed by atoms with E-state index >= 15 is 0 Å². The lowest BCUT2D eigenvalue weighted by Crippen LogP contribution is -2.54. The molecule has 45 heavy (non-hydrogen) atoms. The van der Waals surface area contributed by atoms with Crippen molar-refractivity contribution < 1.29 is 27.9 Å². The molecule has 3 heterocycles. The minimum absolute atomic E-state index is 0.00443. The second kappa shape index (κ2) is 15.0. The first kappa shape index (κ1) is 34.8. The number of carbonyl (C=O) groups is 2. The number of nitrogens with one attached hydrogen (secondary N) is 2. The van der Waals surface area contributed by atoms with Crippen molar-refractivity contribution in [1.29, 1.82) is 0 Å². The average Bonchev–Trinajstić information content (AvgIpc) is 3.16. The maximum atomic E-state index is 13.2. The fraction of sp³-hybridized carbons (Fsp3) is 0.645. The van der Waals surface area contributed by atoms with Crippen molar-refractivity contribution >= 4 is 32.9 Å². The third kappa shape index (κ3) is 9.49. The van der Waals surface area contributed by atoms with E-state index in [1.165, 1.54) is 6.92 Å². The van der Waals surface area contributed by atoms with Gasteiger partial charge in [0.15, 0.2) is 5.75 Å². The van der Waals surface area contributed by atoms with Gasteiger partial charge in [0.2, 0.25) is 15.9 Å². The molecular formula is C31H48N6O7S. The van der Waals surface area contributed by atoms with Gasteiger partial charge in [0.05, 0.1) is 17.9 Å². The predicted molar refractivity (Wildman–Crippen MR) is 173 cm³/mol. The SMILES string of the molecule is CC(=O)N(CCN(C)CCNS(C)(=O)=O)CC(O)CN1[C@@H]2CC[C@H]1C[C@H](NC(=O)Oc1cc3ccccc3n(C(C)C)c1=O)C2. The summed E-state index contributed by atoms with van der Waals surface area (Å²) in [5.74, 6) is -0.136. The zero-order valence-corrected chi connectivity index (χ0v) is 27.8. The molecule has 2 bridgehead atoms. The van der Waals surface area contributed by atoms with Gasteiger partial charge in [0.1, 0.15) is 0 Å². The number of hydrogen-bond donors (Lipinski definition) is 3. The molecule has 1 unspecified atom stereocenters. The van der Waals surface area contributed by atoms with Crippen molar-refractivity contribution in [2.24, 2.45) is 0 Å². The number of hydrogen-bond acceptors (Lipinski definition) is 9. The summed E-state index contributed by atoms with van der Waals surface area (Å²) in [7, 11) is -1.40. The Labute approximate surface area is 265 Å². The first-order valence-corrected chi connectivity index (χ1v) is 17.6. The highest BCUT2D eigenvalue weighted by Crippen LogP contribution is 2.36. The molecule has 2 amide bonds. The molecule has 2 fully saturated rings. The Kier molecular flexibility index (Phi) is 11.6. The second-order valence-electron chi connectivity index (χ2n) is 12.7. The quantitative estimate of drug-likeness (QED) is 0.276. The van der Waals surface area contributed by atoms with Gasteiger partial charge < -0.3 is 29.5 Å². The maximum Gasteiger partial charge on any atom is 0.413 e. The number of aliphatic hydroxyl groups is 1. The molecule has 0 aliphatic carbocycles. The van der Waals surface area contributed by atoms with E-state index in [9.17, 15) is 27.9 Å². The van der Waals surface area contributed by atoms with E-state index < -0.39 is 22.2 Å². The van der Waals surface area contributed by atoms with E-state index in [1.54, 1.807) is 15.5 Å². The number of piperidine rings is 1. The summed E-state index contributed by atoms with van der Waals surface area (Å²) < 4.78 is 32.2. The van der Waals surface area contributed by atoms with Crippen LogP contribution in [0.3, 0.4) is 0 Å². The third-order valence-electron chi connectivity index (χ3n) is 8.75. The molecule has 4 rings (SSSR count). The maximum absolute atomic E-state index is 13.2. The van der Waals surface area contributed by atoms with Crippen LogP contribution < -0.4 is 20.3 Å². The molecule has 14 heteroatoms. The minimum atomic E-state index is -3.25. The summed E-state index contributed by atoms with van der Waals surface area (Å²) >= 11 is 0. The lowest BCUT2D eigenvalue weighted by molar-refractivity contribution is -0.130. The molecule has 13 nitrogen and oxygen atoms in total. The lowest BCUT2D eigenvalue weighted by atomic mass is 9.97. The fourth-order valence-electron chi connectivity index (χ4n) is 6.59. The van der Waals surface area contributed by atoms with Crippen LogP contribution in [0.1, 0.15) is 52.5 Å². The number of pyridine rings is 1. The number of rotatable bonds is 14. The number of likely N-dealkylation sites (N-methyl/N-ethyl adjacent to an activating group) is 1. The van der Waals surface area contributed by atoms with Gasteiger partial charge in [-0.25, -0.2) is 17.9 Å². The fourth-order valence-corrected chi connectivity index (χ4v) is 7.05. The van der Waals surface area contributed by atoms with Gasteiger partial charge in [-0.15, -0.1) is 0 Å². The Morgan fingerprint density at radius 1 is 1.11 bits per heavy atom. The Morgan fingerprint density at radius 3 is 2.40 bits per heavy atom. The van der Waals surface area contributed by atoms with E-state index in [0.29, 0.717) is 39.0 Å². The number of para-hydroxylation sites is 1. The van der Waals surface area contributed by atoms with Crippen molar-refractivity contribution in [2.75, 3.05) is 52.6 Å². The van der Waals surface area contributed by atoms with Gasteiger partial charge >= 0.3 is 6.09 Å². The van der Waals surface area contributed by atoms with E-state index in [-0.39, 0.29) is 54.5 Å². The van der Waals surface area contributed by atoms with Crippen LogP contribution in [0.25, 0.3) is 10.9 Å². The van der Waals surface area contributed by atoms with Gasteiger partial charge in [-0.3, -0.25) is 14.5 Å². The highest BCUT2D eigenvalue weighted by molar-refractivity contribution is 7.88. The Morgan fingerprint density at radius 2 is 1.78 bits per heavy atom. The van der Waals surface area contributed by atoms with Gasteiger partial charge in [-0.1, -0.05) is 18.2 Å². The molecule has 2 saturated heterocycles. The molecule has 1 aromatic carbocycles. The Hall–Kier alpha value is -3.04. The molecule has 0 saturated carbocycles. The van der Waals surface area contributed by atoms with Crippen molar-refractivity contribution in [3.63, 3.8) is 0 Å². The number of carbonyl (C=O) groups excluding carboxylic acids is 2. The number of nitrogens with zero attached hydrogens (tertiary/aromatic N) is 4. The first-order chi connectivity index (χ1) is 21.2. The first-order valence-electron chi connectivity index (χ1n) is 15.7. The summed E-state index contributed by atoms with van der Waals surface area (Å²) in [6.45, 7) is 7.69. The van der Waals surface area contributed by atoms with Crippen LogP contribution in [0, 0.1) is 0 Å². The number of ether oxygens (including phenoxy) is 1. The van der Waals surface area contributed by atoms with Crippen LogP contribution in [-0.4, -0.2) is 122 Å². The molecule has 3 N–H and O–H groups in total. The van der Waals surface area contributed by atoms with Crippen LogP contribution in [0.2, 0.25) is 0 Å². The molecule has 2 aromatic rings. The van der Waals surface area contributed by atoms with Gasteiger partial charge in [0.25, 0.3) is 5.56 Å². The van der Waals surface area contributed by atoms with E-state index in [2.05, 4.69) is 14.9 Å². The average molecular weight is 649 g/mol. The summed E-state index contributed by atoms with van der Waals surface area (Å²) in [5.41, 5.74) is 0.438. The van der Waals surface area contributed by atoms with Crippen molar-refractivity contribution in [3.8, 4) is 5.75 Å². The Balaban J connectivity index is 1.28. The van der Waals surface area contributed by atoms with E-state index in [1.807, 2.05) is 50.1 Å². The summed E-state index contributed by atoms with van der Waals surface area (Å²) in [4.78, 5) is 44.2. The molecule has 2 aliphatic heterocycles. The highest BCUT2D eigenvalue weighted by atomic mass is 32.2. The van der Waals surface area contributed by atoms with Crippen molar-refractivity contribution in [3.05, 3.63) is 40.7 Å². The largest absolute Gasteiger partial charge is 0.413 e. The molecule has 2 aliphatic rings. The van der Waals surface area contributed by atoms with Gasteiger partial charge in [-0.2, -0.15) is 0 Å². The number of amides is 2. The second-order valence-corrected chi connectivity index (χ2v) is 14.5. The lowest BCUT2D eigenvalue weighted by Gasteiger charge is -2.40. The summed E-state index contributed by atoms with van der Waals surface area (Å²) in [6, 6.07) is 9.27. The van der Waals surface area contributed by atoms with Crippen LogP contribution >= 0.6 is 0 Å².